The molecule has 9 heteroatoms. The fourth-order valence-corrected chi connectivity index (χ4v) is 5.93. The van der Waals surface area contributed by atoms with Gasteiger partial charge in [-0.3, -0.25) is 9.36 Å². The van der Waals surface area contributed by atoms with Gasteiger partial charge in [-0.15, -0.1) is 0 Å². The predicted molar refractivity (Wildman–Crippen MR) is 167 cm³/mol. The molecule has 0 saturated carbocycles. The molecule has 0 aliphatic carbocycles. The molecule has 0 N–H and O–H groups in total. The molecular weight excluding hydrogens is 564 g/mol. The number of nitrogens with zero attached hydrogens (tertiary/aromatic N) is 2. The molecular formula is C34H34N2O6S. The highest BCUT2D eigenvalue weighted by Gasteiger charge is 2.35. The van der Waals surface area contributed by atoms with Crippen LogP contribution in [0.5, 0.6) is 17.2 Å². The number of esters is 1. The van der Waals surface area contributed by atoms with Gasteiger partial charge in [-0.1, -0.05) is 59.9 Å². The number of methoxy groups -OCH3 is 1. The first-order chi connectivity index (χ1) is 20.8. The Morgan fingerprint density at radius 3 is 2.40 bits per heavy atom. The van der Waals surface area contributed by atoms with Crippen molar-refractivity contribution in [1.82, 2.24) is 4.57 Å². The largest absolute Gasteiger partial charge is 0.497 e. The summed E-state index contributed by atoms with van der Waals surface area (Å²) in [5.74, 6) is 1.38. The first kappa shape index (κ1) is 29.8. The number of carbonyl (C=O) groups is 1. The minimum absolute atomic E-state index is 0.0147. The van der Waals surface area contributed by atoms with Crippen LogP contribution < -0.4 is 29.1 Å². The highest BCUT2D eigenvalue weighted by Crippen LogP contribution is 2.36. The van der Waals surface area contributed by atoms with Gasteiger partial charge in [0, 0.05) is 5.56 Å². The second kappa shape index (κ2) is 13.1. The lowest BCUT2D eigenvalue weighted by molar-refractivity contribution is -0.138. The van der Waals surface area contributed by atoms with Gasteiger partial charge < -0.3 is 18.9 Å². The zero-order valence-corrected chi connectivity index (χ0v) is 25.6. The summed E-state index contributed by atoms with van der Waals surface area (Å²) >= 11 is 1.27. The van der Waals surface area contributed by atoms with Crippen LogP contribution in [0.1, 0.15) is 50.4 Å². The Hall–Kier alpha value is -4.63. The topological polar surface area (TPSA) is 88.4 Å². The number of aromatic nitrogens is 1. The summed E-state index contributed by atoms with van der Waals surface area (Å²) in [6, 6.07) is 21.6. The first-order valence-corrected chi connectivity index (χ1v) is 15.0. The Bertz CT molecular complexity index is 1820. The molecule has 0 amide bonds. The maximum atomic E-state index is 14.1. The van der Waals surface area contributed by atoms with E-state index in [1.165, 1.54) is 11.3 Å². The normalized spacial score (nSPS) is 14.7. The summed E-state index contributed by atoms with van der Waals surface area (Å²) < 4.78 is 24.7. The molecule has 0 unspecified atom stereocenters. The summed E-state index contributed by atoms with van der Waals surface area (Å²) in [7, 11) is 1.59. The van der Waals surface area contributed by atoms with Crippen LogP contribution in [0.15, 0.2) is 88.2 Å². The van der Waals surface area contributed by atoms with E-state index < -0.39 is 12.0 Å². The summed E-state index contributed by atoms with van der Waals surface area (Å²) in [5, 5.41) is 0. The average molecular weight is 599 g/mol. The van der Waals surface area contributed by atoms with E-state index in [1.807, 2.05) is 99.6 Å². The molecule has 0 bridgehead atoms. The van der Waals surface area contributed by atoms with Gasteiger partial charge in [-0.25, -0.2) is 9.79 Å². The number of carbonyl (C=O) groups excluding carboxylic acids is 1. The molecule has 0 saturated heterocycles. The summed E-state index contributed by atoms with van der Waals surface area (Å²) in [6.45, 7) is 8.24. The van der Waals surface area contributed by atoms with Gasteiger partial charge in [0.25, 0.3) is 5.56 Å². The van der Waals surface area contributed by atoms with Crippen LogP contribution in [0.25, 0.3) is 11.8 Å². The van der Waals surface area contributed by atoms with Gasteiger partial charge in [0.2, 0.25) is 0 Å². The summed E-state index contributed by atoms with van der Waals surface area (Å²) in [4.78, 5) is 33.1. The average Bonchev–Trinajstić information content (AvgIpc) is 3.32. The smallest absolute Gasteiger partial charge is 0.338 e. The highest BCUT2D eigenvalue weighted by molar-refractivity contribution is 7.07. The number of thiazole rings is 1. The van der Waals surface area contributed by atoms with Crippen molar-refractivity contribution in [1.29, 1.82) is 0 Å². The zero-order valence-electron chi connectivity index (χ0n) is 24.8. The maximum absolute atomic E-state index is 14.1. The number of fused-ring (bicyclic) bond motifs is 1. The van der Waals surface area contributed by atoms with Crippen molar-refractivity contribution < 1.29 is 23.7 Å². The van der Waals surface area contributed by atoms with Crippen molar-refractivity contribution in [3.8, 4) is 17.2 Å². The van der Waals surface area contributed by atoms with E-state index in [4.69, 9.17) is 23.9 Å². The SMILES string of the molecule is CCOC(=O)C1=C(c2ccccc2)N=c2s/c(=C\c3ccc(OC(C)C)c(OCC)c3)c(=O)n2[C@@H]1c1ccc(OC)cc1. The molecule has 1 aromatic heterocycles. The maximum Gasteiger partial charge on any atom is 0.338 e. The van der Waals surface area contributed by atoms with Crippen LogP contribution in [0.2, 0.25) is 0 Å². The third-order valence-corrected chi connectivity index (χ3v) is 7.72. The molecule has 3 aromatic carbocycles. The fraction of sp³-hybridized carbons (Fsp3) is 0.265. The van der Waals surface area contributed by atoms with E-state index in [0.717, 1.165) is 16.7 Å². The van der Waals surface area contributed by atoms with E-state index >= 15 is 0 Å². The van der Waals surface area contributed by atoms with Crippen LogP contribution in [-0.2, 0) is 9.53 Å². The molecule has 4 aromatic rings. The van der Waals surface area contributed by atoms with Crippen LogP contribution >= 0.6 is 11.3 Å². The Kier molecular flexibility index (Phi) is 9.11. The van der Waals surface area contributed by atoms with E-state index in [0.29, 0.717) is 44.5 Å². The Morgan fingerprint density at radius 2 is 1.74 bits per heavy atom. The van der Waals surface area contributed by atoms with Gasteiger partial charge in [0.15, 0.2) is 16.3 Å². The number of hydrogen-bond acceptors (Lipinski definition) is 8. The van der Waals surface area contributed by atoms with Crippen LogP contribution in [0.4, 0.5) is 0 Å². The molecule has 43 heavy (non-hydrogen) atoms. The number of benzene rings is 3. The standard InChI is InChI=1S/C34H34N2O6S/c1-6-40-27-19-22(13-18-26(27)42-21(3)4)20-28-32(37)36-31(24-14-16-25(39-5)17-15-24)29(33(38)41-7-2)30(35-34(36)43-28)23-11-9-8-10-12-23/h8-21,31H,6-7H2,1-5H3/b28-20-/t31-/m1/s1. The number of ether oxygens (including phenoxy) is 4. The third kappa shape index (κ3) is 6.27. The van der Waals surface area contributed by atoms with Crippen molar-refractivity contribution in [2.24, 2.45) is 4.99 Å². The second-order valence-electron chi connectivity index (χ2n) is 10.0. The minimum Gasteiger partial charge on any atom is -0.497 e. The van der Waals surface area contributed by atoms with Gasteiger partial charge in [0.1, 0.15) is 5.75 Å². The number of rotatable bonds is 10. The molecule has 1 aliphatic heterocycles. The van der Waals surface area contributed by atoms with Gasteiger partial charge in [0.05, 0.1) is 48.3 Å². The molecule has 0 spiro atoms. The van der Waals surface area contributed by atoms with Crippen LogP contribution in [0, 0.1) is 0 Å². The van der Waals surface area contributed by atoms with Crippen LogP contribution in [0.3, 0.4) is 0 Å². The van der Waals surface area contributed by atoms with E-state index in [2.05, 4.69) is 0 Å². The fourth-order valence-electron chi connectivity index (χ4n) is 4.93. The van der Waals surface area contributed by atoms with Gasteiger partial charge in [-0.2, -0.15) is 0 Å². The molecule has 1 aliphatic rings. The van der Waals surface area contributed by atoms with Crippen molar-refractivity contribution >= 4 is 29.1 Å². The van der Waals surface area contributed by atoms with Crippen molar-refractivity contribution in [2.75, 3.05) is 20.3 Å². The summed E-state index contributed by atoms with van der Waals surface area (Å²) in [6.07, 6.45) is 1.80. The van der Waals surface area contributed by atoms with Crippen molar-refractivity contribution in [2.45, 2.75) is 39.8 Å². The lowest BCUT2D eigenvalue weighted by atomic mass is 9.93. The molecule has 5 rings (SSSR count). The van der Waals surface area contributed by atoms with Gasteiger partial charge in [-0.05, 0) is 69.2 Å². The van der Waals surface area contributed by atoms with Gasteiger partial charge >= 0.3 is 5.97 Å². The van der Waals surface area contributed by atoms with Crippen LogP contribution in [-0.4, -0.2) is 37.0 Å². The third-order valence-electron chi connectivity index (χ3n) is 6.73. The number of hydrogen-bond donors (Lipinski definition) is 0. The minimum atomic E-state index is -0.764. The highest BCUT2D eigenvalue weighted by atomic mass is 32.1. The Labute approximate surface area is 254 Å². The van der Waals surface area contributed by atoms with Crippen molar-refractivity contribution in [3.63, 3.8) is 0 Å². The quantitative estimate of drug-likeness (QED) is 0.235. The molecule has 8 nitrogen and oxygen atoms in total. The lowest BCUT2D eigenvalue weighted by Crippen LogP contribution is -2.40. The first-order valence-electron chi connectivity index (χ1n) is 14.2. The van der Waals surface area contributed by atoms with E-state index in [9.17, 15) is 9.59 Å². The summed E-state index contributed by atoms with van der Waals surface area (Å²) in [5.41, 5.74) is 2.77. The Morgan fingerprint density at radius 1 is 1.00 bits per heavy atom. The molecule has 222 valence electrons. The monoisotopic (exact) mass is 598 g/mol. The molecule has 1 atom stereocenters. The second-order valence-corrected chi connectivity index (χ2v) is 11.0. The predicted octanol–water partition coefficient (Wildman–Crippen LogP) is 5.13. The zero-order chi connectivity index (χ0) is 30.5. The lowest BCUT2D eigenvalue weighted by Gasteiger charge is -2.26. The van der Waals surface area contributed by atoms with E-state index in [-0.39, 0.29) is 18.3 Å². The molecule has 2 heterocycles. The van der Waals surface area contributed by atoms with E-state index in [1.54, 1.807) is 18.6 Å². The Balaban J connectivity index is 1.75. The van der Waals surface area contributed by atoms with Crippen molar-refractivity contribution in [3.05, 3.63) is 115 Å². The molecule has 0 fully saturated rings. The molecule has 0 radical (unpaired) electrons.